The second kappa shape index (κ2) is 9.21. The summed E-state index contributed by atoms with van der Waals surface area (Å²) < 4.78 is 52.9. The maximum absolute atomic E-state index is 13.2. The van der Waals surface area contributed by atoms with E-state index in [-0.39, 0.29) is 12.2 Å². The van der Waals surface area contributed by atoms with Crippen molar-refractivity contribution in [3.8, 4) is 28.5 Å². The Kier molecular flexibility index (Phi) is 5.93. The lowest BCUT2D eigenvalue weighted by atomic mass is 10.1. The van der Waals surface area contributed by atoms with Gasteiger partial charge in [-0.05, 0) is 42.5 Å². The molecule has 0 fully saturated rings. The Hall–Kier alpha value is -4.60. The zero-order chi connectivity index (χ0) is 25.3. The molecular weight excluding hydrogens is 471 g/mol. The van der Waals surface area contributed by atoms with Crippen LogP contribution in [0.4, 0.5) is 19.0 Å². The summed E-state index contributed by atoms with van der Waals surface area (Å²) in [5.41, 5.74) is 7.49. The predicted octanol–water partition coefficient (Wildman–Crippen LogP) is 6.00. The lowest BCUT2D eigenvalue weighted by Gasteiger charge is -2.14. The number of benzene rings is 3. The van der Waals surface area contributed by atoms with Gasteiger partial charge in [0.25, 0.3) is 0 Å². The van der Waals surface area contributed by atoms with Crippen LogP contribution in [0.15, 0.2) is 79.1 Å². The van der Waals surface area contributed by atoms with E-state index in [1.165, 1.54) is 18.5 Å². The summed E-state index contributed by atoms with van der Waals surface area (Å²) in [5, 5.41) is 5.19. The number of alkyl halides is 3. The molecule has 2 aromatic heterocycles. The molecule has 0 saturated heterocycles. The predicted molar refractivity (Wildman–Crippen MR) is 128 cm³/mol. The molecule has 0 aliphatic carbocycles. The third-order valence-corrected chi connectivity index (χ3v) is 5.54. The van der Waals surface area contributed by atoms with Gasteiger partial charge in [0, 0.05) is 24.2 Å². The molecular formula is C26H20F3N5O2. The lowest BCUT2D eigenvalue weighted by Crippen LogP contribution is -2.10. The minimum absolute atomic E-state index is 0.0555. The zero-order valence-corrected chi connectivity index (χ0v) is 19.0. The number of fused-ring (bicyclic) bond motifs is 1. The van der Waals surface area contributed by atoms with Gasteiger partial charge < -0.3 is 15.2 Å². The van der Waals surface area contributed by atoms with Gasteiger partial charge in [-0.25, -0.2) is 14.6 Å². The average molecular weight is 491 g/mol. The van der Waals surface area contributed by atoms with E-state index in [9.17, 15) is 13.2 Å². The summed E-state index contributed by atoms with van der Waals surface area (Å²) in [7, 11) is 1.78. The molecule has 3 aromatic carbocycles. The van der Waals surface area contributed by atoms with Crippen LogP contribution in [0.1, 0.15) is 11.1 Å². The fraction of sp³-hybridized carbons (Fsp3) is 0.115. The summed E-state index contributed by atoms with van der Waals surface area (Å²) in [6.45, 7) is -0.224. The highest BCUT2D eigenvalue weighted by Gasteiger charge is 2.33. The van der Waals surface area contributed by atoms with E-state index in [0.29, 0.717) is 39.8 Å². The second-order valence-electron chi connectivity index (χ2n) is 7.97. The Balaban J connectivity index is 1.31. The first-order valence-corrected chi connectivity index (χ1v) is 10.9. The van der Waals surface area contributed by atoms with E-state index in [0.717, 1.165) is 11.6 Å². The van der Waals surface area contributed by atoms with Crippen LogP contribution in [0.5, 0.6) is 17.2 Å². The van der Waals surface area contributed by atoms with Crippen LogP contribution in [0.2, 0.25) is 0 Å². The van der Waals surface area contributed by atoms with Crippen LogP contribution in [0.3, 0.4) is 0 Å². The summed E-state index contributed by atoms with van der Waals surface area (Å²) in [6, 6.07) is 19.3. The van der Waals surface area contributed by atoms with E-state index in [2.05, 4.69) is 15.1 Å². The largest absolute Gasteiger partial charge is 0.489 e. The number of aromatic nitrogens is 4. The second-order valence-corrected chi connectivity index (χ2v) is 7.97. The number of nitrogen functional groups attached to an aromatic ring is 1. The van der Waals surface area contributed by atoms with Gasteiger partial charge in [0.05, 0.1) is 10.9 Å². The van der Waals surface area contributed by atoms with Crippen molar-refractivity contribution in [2.45, 2.75) is 12.8 Å². The van der Waals surface area contributed by atoms with Crippen molar-refractivity contribution in [3.63, 3.8) is 0 Å². The number of halogens is 3. The van der Waals surface area contributed by atoms with E-state index in [1.807, 2.05) is 12.1 Å². The molecule has 5 rings (SSSR count). The highest BCUT2D eigenvalue weighted by Crippen LogP contribution is 2.34. The van der Waals surface area contributed by atoms with Crippen molar-refractivity contribution in [3.05, 3.63) is 90.3 Å². The monoisotopic (exact) mass is 491 g/mol. The molecule has 0 aliphatic heterocycles. The maximum Gasteiger partial charge on any atom is 0.416 e. The molecule has 5 aromatic rings. The van der Waals surface area contributed by atoms with E-state index in [1.54, 1.807) is 54.2 Å². The Morgan fingerprint density at radius 1 is 0.889 bits per heavy atom. The summed E-state index contributed by atoms with van der Waals surface area (Å²) in [5.74, 6) is 1.77. The average Bonchev–Trinajstić information content (AvgIpc) is 3.21. The number of nitrogens with zero attached hydrogens (tertiary/aromatic N) is 4. The molecule has 7 nitrogen and oxygen atoms in total. The highest BCUT2D eigenvalue weighted by atomic mass is 19.4. The van der Waals surface area contributed by atoms with E-state index in [4.69, 9.17) is 15.2 Å². The molecule has 0 spiro atoms. The normalized spacial score (nSPS) is 11.6. The summed E-state index contributed by atoms with van der Waals surface area (Å²) >= 11 is 0. The Morgan fingerprint density at radius 2 is 1.64 bits per heavy atom. The fourth-order valence-electron chi connectivity index (χ4n) is 3.84. The SMILES string of the molecule is Cn1nc(-c2ccc(Oc3cccc(OCc4ccccc4C(F)(F)F)c3)cc2)c2c(N)ncnc21. The van der Waals surface area contributed by atoms with E-state index >= 15 is 0 Å². The number of anilines is 1. The quantitative estimate of drug-likeness (QED) is 0.313. The first kappa shape index (κ1) is 23.2. The van der Waals surface area contributed by atoms with Crippen molar-refractivity contribution in [2.75, 3.05) is 5.73 Å². The molecule has 2 N–H and O–H groups in total. The maximum atomic E-state index is 13.2. The highest BCUT2D eigenvalue weighted by molar-refractivity contribution is 5.98. The van der Waals surface area contributed by atoms with Gasteiger partial charge in [-0.1, -0.05) is 24.3 Å². The summed E-state index contributed by atoms with van der Waals surface area (Å²) in [4.78, 5) is 8.30. The number of rotatable bonds is 6. The van der Waals surface area contributed by atoms with Crippen molar-refractivity contribution in [1.82, 2.24) is 19.7 Å². The summed E-state index contributed by atoms with van der Waals surface area (Å²) in [6.07, 6.45) is -3.05. The van der Waals surface area contributed by atoms with Crippen LogP contribution >= 0.6 is 0 Å². The van der Waals surface area contributed by atoms with Gasteiger partial charge >= 0.3 is 6.18 Å². The van der Waals surface area contributed by atoms with Gasteiger partial charge in [-0.3, -0.25) is 0 Å². The molecule has 0 bridgehead atoms. The van der Waals surface area contributed by atoms with Crippen LogP contribution in [0.25, 0.3) is 22.3 Å². The Labute approximate surface area is 203 Å². The molecule has 0 saturated carbocycles. The smallest absolute Gasteiger partial charge is 0.416 e. The van der Waals surface area contributed by atoms with Crippen LogP contribution in [-0.2, 0) is 19.8 Å². The van der Waals surface area contributed by atoms with Crippen molar-refractivity contribution in [2.24, 2.45) is 7.05 Å². The number of aryl methyl sites for hydroxylation is 1. The van der Waals surface area contributed by atoms with Crippen molar-refractivity contribution in [1.29, 1.82) is 0 Å². The van der Waals surface area contributed by atoms with E-state index < -0.39 is 11.7 Å². The molecule has 0 amide bonds. The fourth-order valence-corrected chi connectivity index (χ4v) is 3.84. The van der Waals surface area contributed by atoms with Gasteiger partial charge in [0.2, 0.25) is 0 Å². The molecule has 0 radical (unpaired) electrons. The number of hydrogen-bond donors (Lipinski definition) is 1. The van der Waals surface area contributed by atoms with Gasteiger partial charge in [-0.15, -0.1) is 0 Å². The Bertz CT molecular complexity index is 1530. The van der Waals surface area contributed by atoms with Crippen LogP contribution in [0, 0.1) is 0 Å². The van der Waals surface area contributed by atoms with Gasteiger partial charge in [0.15, 0.2) is 5.65 Å². The molecule has 2 heterocycles. The third-order valence-electron chi connectivity index (χ3n) is 5.54. The lowest BCUT2D eigenvalue weighted by molar-refractivity contribution is -0.138. The zero-order valence-electron chi connectivity index (χ0n) is 19.0. The number of hydrogen-bond acceptors (Lipinski definition) is 6. The van der Waals surface area contributed by atoms with Crippen LogP contribution < -0.4 is 15.2 Å². The van der Waals surface area contributed by atoms with Crippen molar-refractivity contribution >= 4 is 16.9 Å². The third kappa shape index (κ3) is 4.65. The van der Waals surface area contributed by atoms with Crippen LogP contribution in [-0.4, -0.2) is 19.7 Å². The molecule has 0 aliphatic rings. The van der Waals surface area contributed by atoms with Gasteiger partial charge in [-0.2, -0.15) is 18.3 Å². The standard InChI is InChI=1S/C26H20F3N5O2/c1-34-25-22(24(30)31-15-32-25)23(33-34)16-9-11-18(12-10-16)36-20-7-4-6-19(13-20)35-14-17-5-2-3-8-21(17)26(27,28)29/h2-13,15H,14H2,1H3,(H2,30,31,32). The van der Waals surface area contributed by atoms with Gasteiger partial charge in [0.1, 0.15) is 41.7 Å². The first-order chi connectivity index (χ1) is 17.3. The molecule has 10 heteroatoms. The first-order valence-electron chi connectivity index (χ1n) is 10.9. The molecule has 36 heavy (non-hydrogen) atoms. The van der Waals surface area contributed by atoms with Crippen molar-refractivity contribution < 1.29 is 22.6 Å². The Morgan fingerprint density at radius 3 is 2.42 bits per heavy atom. The topological polar surface area (TPSA) is 88.1 Å². The number of ether oxygens (including phenoxy) is 2. The minimum atomic E-state index is -4.45. The molecule has 0 unspecified atom stereocenters. The minimum Gasteiger partial charge on any atom is -0.489 e. The molecule has 182 valence electrons. The number of nitrogens with two attached hydrogens (primary N) is 1. The molecule has 0 atom stereocenters.